The molecular formula is C13H11N3O5. The zero-order chi connectivity index (χ0) is 15.6. The minimum atomic E-state index is -1.10. The van der Waals surface area contributed by atoms with Crippen LogP contribution in [0.15, 0.2) is 35.4 Å². The number of carboxylic acid groups (broad SMARTS) is 1. The van der Waals surface area contributed by atoms with E-state index in [4.69, 9.17) is 5.11 Å². The molecule has 21 heavy (non-hydrogen) atoms. The SMILES string of the molecule is Cc1cc(=O)n(Cc2ccc(C(=O)O)cn2)cc1[N+](=O)[O-]. The lowest BCUT2D eigenvalue weighted by atomic mass is 10.2. The Kier molecular flexibility index (Phi) is 3.79. The van der Waals surface area contributed by atoms with Crippen LogP contribution >= 0.6 is 0 Å². The van der Waals surface area contributed by atoms with Gasteiger partial charge in [0, 0.05) is 17.8 Å². The Morgan fingerprint density at radius 1 is 1.48 bits per heavy atom. The zero-order valence-corrected chi connectivity index (χ0v) is 11.0. The molecule has 0 saturated heterocycles. The van der Waals surface area contributed by atoms with Gasteiger partial charge in [-0.05, 0) is 19.1 Å². The van der Waals surface area contributed by atoms with Gasteiger partial charge in [-0.1, -0.05) is 0 Å². The van der Waals surface area contributed by atoms with Crippen LogP contribution in [0, 0.1) is 17.0 Å². The first-order valence-electron chi connectivity index (χ1n) is 5.92. The van der Waals surface area contributed by atoms with Gasteiger partial charge in [-0.15, -0.1) is 0 Å². The van der Waals surface area contributed by atoms with E-state index >= 15 is 0 Å². The first-order chi connectivity index (χ1) is 9.88. The molecule has 0 saturated carbocycles. The van der Waals surface area contributed by atoms with E-state index in [1.165, 1.54) is 31.3 Å². The predicted molar refractivity (Wildman–Crippen MR) is 72.4 cm³/mol. The van der Waals surface area contributed by atoms with E-state index in [1.54, 1.807) is 0 Å². The smallest absolute Gasteiger partial charge is 0.337 e. The van der Waals surface area contributed by atoms with Crippen LogP contribution in [0.4, 0.5) is 5.69 Å². The molecule has 0 amide bonds. The number of rotatable bonds is 4. The first kappa shape index (κ1) is 14.4. The van der Waals surface area contributed by atoms with Crippen molar-refractivity contribution in [3.8, 4) is 0 Å². The fourth-order valence-corrected chi connectivity index (χ4v) is 1.79. The lowest BCUT2D eigenvalue weighted by molar-refractivity contribution is -0.385. The van der Waals surface area contributed by atoms with Crippen molar-refractivity contribution >= 4 is 11.7 Å². The largest absolute Gasteiger partial charge is 0.478 e. The minimum Gasteiger partial charge on any atom is -0.478 e. The Balaban J connectivity index is 2.35. The fraction of sp³-hybridized carbons (Fsp3) is 0.154. The van der Waals surface area contributed by atoms with Gasteiger partial charge in [0.15, 0.2) is 0 Å². The van der Waals surface area contributed by atoms with Crippen LogP contribution in [-0.2, 0) is 6.54 Å². The lowest BCUT2D eigenvalue weighted by Gasteiger charge is -2.06. The highest BCUT2D eigenvalue weighted by Gasteiger charge is 2.13. The number of carboxylic acids is 1. The number of carbonyl (C=O) groups is 1. The first-order valence-corrected chi connectivity index (χ1v) is 5.92. The average Bonchev–Trinajstić information content (AvgIpc) is 2.42. The van der Waals surface area contributed by atoms with Crippen LogP contribution in [-0.4, -0.2) is 25.6 Å². The molecule has 2 aromatic rings. The molecule has 0 aliphatic rings. The molecule has 0 bridgehead atoms. The highest BCUT2D eigenvalue weighted by atomic mass is 16.6. The molecule has 0 radical (unpaired) electrons. The topological polar surface area (TPSA) is 115 Å². The van der Waals surface area contributed by atoms with Gasteiger partial charge in [-0.2, -0.15) is 0 Å². The zero-order valence-electron chi connectivity index (χ0n) is 11.0. The normalized spacial score (nSPS) is 10.3. The van der Waals surface area contributed by atoms with Crippen molar-refractivity contribution in [3.05, 3.63) is 67.9 Å². The molecule has 0 spiro atoms. The molecule has 108 valence electrons. The Labute approximate surface area is 118 Å². The molecule has 8 nitrogen and oxygen atoms in total. The molecule has 0 aliphatic carbocycles. The maximum atomic E-state index is 11.8. The van der Waals surface area contributed by atoms with E-state index in [0.29, 0.717) is 5.69 Å². The van der Waals surface area contributed by atoms with Gasteiger partial charge >= 0.3 is 5.97 Å². The Morgan fingerprint density at radius 2 is 2.19 bits per heavy atom. The minimum absolute atomic E-state index is 0.0276. The van der Waals surface area contributed by atoms with Crippen molar-refractivity contribution in [1.82, 2.24) is 9.55 Å². The summed E-state index contributed by atoms with van der Waals surface area (Å²) < 4.78 is 1.16. The van der Waals surface area contributed by atoms with Crippen molar-refractivity contribution in [2.75, 3.05) is 0 Å². The molecule has 0 aromatic carbocycles. The van der Waals surface area contributed by atoms with E-state index in [1.807, 2.05) is 0 Å². The van der Waals surface area contributed by atoms with Gasteiger partial charge in [0.2, 0.25) is 0 Å². The van der Waals surface area contributed by atoms with E-state index in [0.717, 1.165) is 10.8 Å². The van der Waals surface area contributed by atoms with Crippen molar-refractivity contribution in [2.24, 2.45) is 0 Å². The number of nitro groups is 1. The van der Waals surface area contributed by atoms with Gasteiger partial charge in [-0.25, -0.2) is 4.79 Å². The second-order valence-electron chi connectivity index (χ2n) is 4.41. The average molecular weight is 289 g/mol. The monoisotopic (exact) mass is 289 g/mol. The van der Waals surface area contributed by atoms with Gasteiger partial charge in [0.1, 0.15) is 0 Å². The molecule has 1 N–H and O–H groups in total. The van der Waals surface area contributed by atoms with Gasteiger partial charge < -0.3 is 9.67 Å². The number of pyridine rings is 2. The van der Waals surface area contributed by atoms with Crippen LogP contribution in [0.5, 0.6) is 0 Å². The third kappa shape index (κ3) is 3.11. The molecule has 2 aromatic heterocycles. The molecule has 0 atom stereocenters. The highest BCUT2D eigenvalue weighted by molar-refractivity contribution is 5.87. The number of aromatic carboxylic acids is 1. The number of aryl methyl sites for hydroxylation is 1. The number of aromatic nitrogens is 2. The second-order valence-corrected chi connectivity index (χ2v) is 4.41. The van der Waals surface area contributed by atoms with Crippen LogP contribution in [0.1, 0.15) is 21.6 Å². The summed E-state index contributed by atoms with van der Waals surface area (Å²) in [5.74, 6) is -1.10. The van der Waals surface area contributed by atoms with Crippen molar-refractivity contribution in [3.63, 3.8) is 0 Å². The van der Waals surface area contributed by atoms with Crippen molar-refractivity contribution in [2.45, 2.75) is 13.5 Å². The van der Waals surface area contributed by atoms with Gasteiger partial charge in [0.25, 0.3) is 11.2 Å². The maximum Gasteiger partial charge on any atom is 0.337 e. The van der Waals surface area contributed by atoms with Crippen molar-refractivity contribution in [1.29, 1.82) is 0 Å². The van der Waals surface area contributed by atoms with Crippen LogP contribution in [0.25, 0.3) is 0 Å². The van der Waals surface area contributed by atoms with Crippen molar-refractivity contribution < 1.29 is 14.8 Å². The summed E-state index contributed by atoms with van der Waals surface area (Å²) >= 11 is 0. The summed E-state index contributed by atoms with van der Waals surface area (Å²) in [5, 5.41) is 19.6. The summed E-state index contributed by atoms with van der Waals surface area (Å²) in [5.41, 5.74) is 0.204. The predicted octanol–water partition coefficient (Wildman–Crippen LogP) is 1.21. The molecule has 0 fully saturated rings. The van der Waals surface area contributed by atoms with Gasteiger partial charge in [-0.3, -0.25) is 19.9 Å². The van der Waals surface area contributed by atoms with E-state index in [-0.39, 0.29) is 28.9 Å². The van der Waals surface area contributed by atoms with E-state index in [9.17, 15) is 19.7 Å². The van der Waals surface area contributed by atoms with Crippen LogP contribution < -0.4 is 5.56 Å². The van der Waals surface area contributed by atoms with E-state index in [2.05, 4.69) is 4.98 Å². The maximum absolute atomic E-state index is 11.8. The number of nitrogens with zero attached hydrogens (tertiary/aromatic N) is 3. The summed E-state index contributed by atoms with van der Waals surface area (Å²) in [4.78, 5) is 36.8. The Hall–Kier alpha value is -3.03. The highest BCUT2D eigenvalue weighted by Crippen LogP contribution is 2.14. The second kappa shape index (κ2) is 5.53. The fourth-order valence-electron chi connectivity index (χ4n) is 1.79. The summed E-state index contributed by atoms with van der Waals surface area (Å²) in [6.07, 6.45) is 2.33. The standard InChI is InChI=1S/C13H11N3O5/c1-8-4-12(17)15(7-11(8)16(20)21)6-10-3-2-9(5-14-10)13(18)19/h2-5,7H,6H2,1H3,(H,18,19). The molecule has 2 rings (SSSR count). The third-order valence-electron chi connectivity index (χ3n) is 2.91. The molecule has 0 unspecified atom stereocenters. The Morgan fingerprint density at radius 3 is 2.71 bits per heavy atom. The summed E-state index contributed by atoms with van der Waals surface area (Å²) in [6, 6.07) is 4.00. The molecule has 0 aliphatic heterocycles. The summed E-state index contributed by atoms with van der Waals surface area (Å²) in [7, 11) is 0. The van der Waals surface area contributed by atoms with Gasteiger partial charge in [0.05, 0.1) is 28.9 Å². The third-order valence-corrected chi connectivity index (χ3v) is 2.91. The Bertz CT molecular complexity index is 764. The summed E-state index contributed by atoms with van der Waals surface area (Å²) in [6.45, 7) is 1.52. The number of hydrogen-bond acceptors (Lipinski definition) is 5. The number of hydrogen-bond donors (Lipinski definition) is 1. The van der Waals surface area contributed by atoms with E-state index < -0.39 is 10.9 Å². The van der Waals surface area contributed by atoms with Crippen LogP contribution in [0.3, 0.4) is 0 Å². The quantitative estimate of drug-likeness (QED) is 0.668. The molecule has 2 heterocycles. The molecular weight excluding hydrogens is 278 g/mol. The lowest BCUT2D eigenvalue weighted by Crippen LogP contribution is -2.21. The molecule has 8 heteroatoms. The van der Waals surface area contributed by atoms with Crippen LogP contribution in [0.2, 0.25) is 0 Å².